The highest BCUT2D eigenvalue weighted by molar-refractivity contribution is 7.94. The van der Waals surface area contributed by atoms with Crippen LogP contribution >= 0.6 is 46.4 Å². The number of sulfone groups is 4. The highest BCUT2D eigenvalue weighted by Gasteiger charge is 2.56. The van der Waals surface area contributed by atoms with Crippen LogP contribution in [0.5, 0.6) is 23.0 Å². The van der Waals surface area contributed by atoms with Gasteiger partial charge in [-0.1, -0.05) is 168 Å². The molecule has 0 aliphatic carbocycles. The molecule has 16 rings (SSSR count). The minimum absolute atomic E-state index is 0.00975. The summed E-state index contributed by atoms with van der Waals surface area (Å²) in [6, 6.07) is 75.6. The van der Waals surface area contributed by atoms with Crippen LogP contribution in [0.1, 0.15) is 105 Å². The molecule has 148 heavy (non-hydrogen) atoms. The monoisotopic (exact) mass is 2180 g/mol. The third-order valence-electron chi connectivity index (χ3n) is 26.3. The van der Waals surface area contributed by atoms with Gasteiger partial charge in [0.05, 0.1) is 56.1 Å². The van der Waals surface area contributed by atoms with E-state index in [4.69, 9.17) is 105 Å². The summed E-state index contributed by atoms with van der Waals surface area (Å²) in [6.45, 7) is 4.30. The number of hydrogen-bond donors (Lipinski definition) is 8. The summed E-state index contributed by atoms with van der Waals surface area (Å²) in [6.07, 6.45) is 5.61. The van der Waals surface area contributed by atoms with Gasteiger partial charge in [-0.25, -0.2) is 68.8 Å². The number of hydroxylamine groups is 4. The third kappa shape index (κ3) is 27.1. The predicted molar refractivity (Wildman–Crippen MR) is 553 cm³/mol. The van der Waals surface area contributed by atoms with Crippen LogP contribution in [0.25, 0.3) is 44.5 Å². The summed E-state index contributed by atoms with van der Waals surface area (Å²) in [5.41, 5.74) is 18.4. The number of ether oxygens (including phenoxy) is 8. The van der Waals surface area contributed by atoms with E-state index < -0.39 is 93.6 Å². The Morgan fingerprint density at radius 1 is 0.297 bits per heavy atom. The van der Waals surface area contributed by atoms with Crippen molar-refractivity contribution in [2.24, 2.45) is 0 Å². The number of carbonyl (C=O) groups is 4. The molecule has 12 aromatic carbocycles. The van der Waals surface area contributed by atoms with Crippen molar-refractivity contribution in [2.45, 2.75) is 148 Å². The summed E-state index contributed by atoms with van der Waals surface area (Å²) in [7, 11) is -16.3. The predicted octanol–water partition coefficient (Wildman–Crippen LogP) is 20.1. The van der Waals surface area contributed by atoms with Gasteiger partial charge in [0.15, 0.2) is 70.0 Å². The van der Waals surface area contributed by atoms with E-state index in [1.54, 1.807) is 61.5 Å². The van der Waals surface area contributed by atoms with Crippen LogP contribution in [-0.4, -0.2) is 176 Å². The number of carbonyl (C=O) groups excluding carboxylic acids is 4. The summed E-state index contributed by atoms with van der Waals surface area (Å²) < 4.78 is 184. The normalized spacial score (nSPS) is 15.2. The maximum atomic E-state index is 13.6. The molecule has 0 aromatic heterocycles. The van der Waals surface area contributed by atoms with Crippen LogP contribution in [0.3, 0.4) is 0 Å². The quantitative estimate of drug-likeness (QED) is 0.0103. The molecule has 0 radical (unpaired) electrons. The molecule has 12 aromatic rings. The fourth-order valence-corrected chi connectivity index (χ4v) is 26.4. The molecule has 8 N–H and O–H groups in total. The first-order chi connectivity index (χ1) is 71.1. The van der Waals surface area contributed by atoms with Crippen LogP contribution in [0.15, 0.2) is 287 Å². The van der Waals surface area contributed by atoms with Crippen LogP contribution in [0.4, 0.5) is 13.2 Å². The number of nitrogens with one attached hydrogen (secondary N) is 4. The molecule has 0 spiro atoms. The minimum Gasteiger partial charge on any atom is -0.494 e. The smallest absolute Gasteiger partial charge is 0.265 e. The van der Waals surface area contributed by atoms with Crippen molar-refractivity contribution in [3.63, 3.8) is 0 Å². The standard InChI is InChI=1S/C28H30FNO6S.2C27H27Cl2NO6S.C27H27F2NO6S/c1-20-18-23(7-12-26(20)29)22-6-2-4-21(19-22)5-3-15-36-24-8-10-25(11-9-24)37(33,34)28(27(31)30-32)13-16-35-17-14-28;28-21-6-11-24(25(29)18-21)20-5-1-3-19(17-20)4-2-14-36-22-7-9-23(10-8-22)37(33,34)27(26(31)30-32)12-15-35-16-13-27;2*28-24-11-6-21(18-25(24)29)20-5-1-3-19(17-20)4-2-14-36-22-7-9-23(10-8-22)37(33,34)27(26(31)30-32)12-15-35-16-13-27/h2,4,6-12,18-19,32H,3,5,13-17H2,1H3,(H,30,31);3*1,3,5-11,17-18,32H,2,4,12-16H2,(H,30,31). The first-order valence-electron chi connectivity index (χ1n) is 47.5. The lowest BCUT2D eigenvalue weighted by atomic mass is 9.98. The van der Waals surface area contributed by atoms with Crippen molar-refractivity contribution in [3.8, 4) is 67.5 Å². The summed E-state index contributed by atoms with van der Waals surface area (Å²) in [5.74, 6) is -3.77. The van der Waals surface area contributed by atoms with Gasteiger partial charge in [0.2, 0.25) is 0 Å². The fraction of sp³-hybridized carbons (Fsp3) is 0.303. The number of benzene rings is 12. The zero-order valence-electron chi connectivity index (χ0n) is 80.4. The Hall–Kier alpha value is -11.9. The van der Waals surface area contributed by atoms with Gasteiger partial charge in [0.25, 0.3) is 23.6 Å². The number of halogens is 7. The second-order valence-corrected chi connectivity index (χ2v) is 46.2. The SMILES string of the molecule is Cc1cc(-c2cccc(CCCOc3ccc(S(=O)(=O)C4(C(=O)NO)CCOCC4)cc3)c2)ccc1F.O=C(NO)C1(S(=O)(=O)c2ccc(OCCCc3cccc(-c4ccc(Cl)c(Cl)c4)c3)cc2)CCOCC1.O=C(NO)C1(S(=O)(=O)c2ccc(OCCCc3cccc(-c4ccc(Cl)cc4Cl)c3)cc2)CCOCC1.O=C(NO)C1(S(=O)(=O)c2ccc(OCCCc3cccc(-c4ccc(F)c(F)c4)c3)cc2)CCOCC1. The highest BCUT2D eigenvalue weighted by atomic mass is 35.5. The van der Waals surface area contributed by atoms with Gasteiger partial charge in [0, 0.05) is 68.5 Å². The van der Waals surface area contributed by atoms with Gasteiger partial charge in [-0.05, 0) is 322 Å². The van der Waals surface area contributed by atoms with Gasteiger partial charge in [0.1, 0.15) is 28.8 Å². The number of hydrogen-bond acceptors (Lipinski definition) is 24. The largest absolute Gasteiger partial charge is 0.494 e. The van der Waals surface area contributed by atoms with E-state index in [0.717, 1.165) is 106 Å². The van der Waals surface area contributed by atoms with Gasteiger partial charge in [-0.3, -0.25) is 40.0 Å². The van der Waals surface area contributed by atoms with E-state index >= 15 is 0 Å². The molecule has 4 aliphatic heterocycles. The Kier molecular flexibility index (Phi) is 39.9. The van der Waals surface area contributed by atoms with E-state index in [1.807, 2.05) is 103 Å². The molecular weight excluding hydrogens is 2080 g/mol. The third-order valence-corrected chi connectivity index (χ3v) is 37.7. The van der Waals surface area contributed by atoms with Crippen molar-refractivity contribution < 1.29 is 125 Å². The van der Waals surface area contributed by atoms with Crippen molar-refractivity contribution in [3.05, 3.63) is 332 Å². The summed E-state index contributed by atoms with van der Waals surface area (Å²) in [5, 5.41) is 38.9. The highest BCUT2D eigenvalue weighted by Crippen LogP contribution is 2.43. The number of aryl methyl sites for hydroxylation is 5. The van der Waals surface area contributed by atoms with Crippen LogP contribution in [0, 0.1) is 24.4 Å². The van der Waals surface area contributed by atoms with Crippen molar-refractivity contribution in [2.75, 3.05) is 79.3 Å². The van der Waals surface area contributed by atoms with Crippen LogP contribution < -0.4 is 40.9 Å². The first-order valence-corrected chi connectivity index (χ1v) is 55.0. The molecule has 39 heteroatoms. The second-order valence-electron chi connectivity index (χ2n) is 35.5. The molecule has 4 fully saturated rings. The average Bonchev–Trinajstić information content (AvgIpc) is 0.757. The van der Waals surface area contributed by atoms with Crippen molar-refractivity contribution in [1.29, 1.82) is 0 Å². The van der Waals surface area contributed by atoms with E-state index in [0.29, 0.717) is 93.5 Å². The maximum Gasteiger partial charge on any atom is 0.265 e. The Morgan fingerprint density at radius 3 is 0.851 bits per heavy atom. The molecule has 4 aliphatic rings. The zero-order chi connectivity index (χ0) is 106. The van der Waals surface area contributed by atoms with E-state index in [2.05, 4.69) is 24.3 Å². The molecule has 784 valence electrons. The molecule has 0 saturated carbocycles. The van der Waals surface area contributed by atoms with E-state index in [-0.39, 0.29) is 130 Å². The molecule has 4 saturated heterocycles. The van der Waals surface area contributed by atoms with Gasteiger partial charge in [-0.15, -0.1) is 0 Å². The van der Waals surface area contributed by atoms with Crippen LogP contribution in [-0.2, 0) is 103 Å². The van der Waals surface area contributed by atoms with Gasteiger partial charge in [-0.2, -0.15) is 0 Å². The molecule has 4 amide bonds. The zero-order valence-corrected chi connectivity index (χ0v) is 86.7. The molecule has 0 bridgehead atoms. The first kappa shape index (κ1) is 113. The Bertz CT molecular complexity index is 6610. The van der Waals surface area contributed by atoms with Crippen molar-refractivity contribution in [1.82, 2.24) is 21.9 Å². The molecule has 0 unspecified atom stereocenters. The maximum absolute atomic E-state index is 13.6. The minimum atomic E-state index is -4.10. The van der Waals surface area contributed by atoms with Gasteiger partial charge < -0.3 is 37.9 Å². The fourth-order valence-electron chi connectivity index (χ4n) is 17.8. The number of rotatable bonds is 36. The van der Waals surface area contributed by atoms with Crippen molar-refractivity contribution >= 4 is 109 Å². The lowest BCUT2D eigenvalue weighted by Crippen LogP contribution is -2.54. The second kappa shape index (κ2) is 52.1. The summed E-state index contributed by atoms with van der Waals surface area (Å²) in [4.78, 5) is 49.4. The summed E-state index contributed by atoms with van der Waals surface area (Å²) >= 11 is 24.5. The lowest BCUT2D eigenvalue weighted by molar-refractivity contribution is -0.135. The topological polar surface area (TPSA) is 408 Å². The molecular formula is C109H111Cl4F3N4O24S4. The van der Waals surface area contributed by atoms with E-state index in [9.17, 15) is 66.0 Å². The Balaban J connectivity index is 0.000000165. The average molecular weight is 2190 g/mol. The van der Waals surface area contributed by atoms with Crippen LogP contribution in [0.2, 0.25) is 20.1 Å². The Labute approximate surface area is 877 Å². The molecule has 4 heterocycles. The lowest BCUT2D eigenvalue weighted by Gasteiger charge is -2.34. The Morgan fingerprint density at radius 2 is 0.568 bits per heavy atom. The van der Waals surface area contributed by atoms with E-state index in [1.165, 1.54) is 101 Å². The molecule has 0 atom stereocenters. The van der Waals surface area contributed by atoms with Gasteiger partial charge >= 0.3 is 0 Å². The molecule has 28 nitrogen and oxygen atoms in total. The number of amides is 4.